The Balaban J connectivity index is 2.21. The molecule has 3 aliphatic rings. The Bertz CT molecular complexity index is 1130. The van der Waals surface area contributed by atoms with E-state index in [-0.39, 0.29) is 30.8 Å². The van der Waals surface area contributed by atoms with Crippen LogP contribution in [0.4, 0.5) is 0 Å². The molecule has 0 aromatic carbocycles. The molecule has 0 aromatic rings. The normalized spacial score (nSPS) is 48.3. The van der Waals surface area contributed by atoms with E-state index in [2.05, 4.69) is 0 Å². The van der Waals surface area contributed by atoms with Crippen LogP contribution in [-0.2, 0) is 33.2 Å². The van der Waals surface area contributed by atoms with Gasteiger partial charge in [0.05, 0.1) is 54.4 Å². The smallest absolute Gasteiger partial charge is 0.185 e. The van der Waals surface area contributed by atoms with Crippen molar-refractivity contribution in [2.45, 2.75) is 186 Å². The summed E-state index contributed by atoms with van der Waals surface area (Å²) in [4.78, 5) is 16.0. The van der Waals surface area contributed by atoms with Crippen LogP contribution >= 0.6 is 0 Å². The molecule has 0 aromatic heterocycles. The maximum atomic E-state index is 14.0. The number of likely N-dealkylation sites (N-methyl/N-ethyl adjacent to an activating group) is 1. The van der Waals surface area contributed by atoms with E-state index in [1.165, 1.54) is 14.0 Å². The summed E-state index contributed by atoms with van der Waals surface area (Å²) in [6.45, 7) is 17.4. The van der Waals surface area contributed by atoms with E-state index < -0.39 is 115 Å². The molecule has 0 spiro atoms. The van der Waals surface area contributed by atoms with Crippen molar-refractivity contribution < 1.29 is 63.9 Å². The van der Waals surface area contributed by atoms with Crippen molar-refractivity contribution in [3.8, 4) is 0 Å². The largest absolute Gasteiger partial charge is 0.393 e. The van der Waals surface area contributed by atoms with E-state index in [1.807, 2.05) is 39.8 Å². The van der Waals surface area contributed by atoms with Crippen LogP contribution in [0.1, 0.15) is 94.9 Å². The highest BCUT2D eigenvalue weighted by atomic mass is 16.7. The number of hydrogen-bond acceptors (Lipinski definition) is 14. The first-order valence-corrected chi connectivity index (χ1v) is 19.7. The first-order valence-electron chi connectivity index (χ1n) is 19.7. The topological polar surface area (TPSA) is 197 Å². The van der Waals surface area contributed by atoms with Gasteiger partial charge in [0, 0.05) is 55.1 Å². The van der Waals surface area contributed by atoms with E-state index in [4.69, 9.17) is 28.4 Å². The minimum absolute atomic E-state index is 0.150. The molecular weight excluding hydrogens is 690 g/mol. The van der Waals surface area contributed by atoms with Gasteiger partial charge in [-0.15, -0.1) is 0 Å². The average Bonchev–Trinajstić information content (AvgIpc) is 3.09. The van der Waals surface area contributed by atoms with E-state index in [9.17, 15) is 35.4 Å². The Hall–Kier alpha value is -0.850. The number of hydrogen-bond donors (Lipinski definition) is 6. The summed E-state index contributed by atoms with van der Waals surface area (Å²) >= 11 is 0. The van der Waals surface area contributed by atoms with Crippen LogP contribution in [0.5, 0.6) is 0 Å². The number of rotatable bonds is 9. The van der Waals surface area contributed by atoms with Crippen molar-refractivity contribution in [3.63, 3.8) is 0 Å². The van der Waals surface area contributed by atoms with Gasteiger partial charge in [-0.1, -0.05) is 34.6 Å². The van der Waals surface area contributed by atoms with Crippen molar-refractivity contribution in [3.05, 3.63) is 0 Å². The number of nitrogens with zero attached hydrogens (tertiary/aromatic N) is 1. The molecule has 6 N–H and O–H groups in total. The molecule has 0 bridgehead atoms. The highest BCUT2D eigenvalue weighted by molar-refractivity contribution is 5.83. The molecule has 3 heterocycles. The third-order valence-electron chi connectivity index (χ3n) is 12.6. The molecule has 53 heavy (non-hydrogen) atoms. The Labute approximate surface area is 317 Å². The van der Waals surface area contributed by atoms with Gasteiger partial charge in [0.15, 0.2) is 18.9 Å². The predicted molar refractivity (Wildman–Crippen MR) is 196 cm³/mol. The zero-order valence-corrected chi connectivity index (χ0v) is 34.4. The number of aliphatic hydroxyl groups is 6. The molecule has 14 nitrogen and oxygen atoms in total. The van der Waals surface area contributed by atoms with Crippen molar-refractivity contribution >= 4 is 5.78 Å². The van der Waals surface area contributed by atoms with Crippen LogP contribution in [-0.4, -0.2) is 154 Å². The fraction of sp³-hybridized carbons (Fsp3) is 0.974. The van der Waals surface area contributed by atoms with Gasteiger partial charge in [0.25, 0.3) is 0 Å². The molecule has 3 aliphatic heterocycles. The van der Waals surface area contributed by atoms with Gasteiger partial charge in [-0.25, -0.2) is 0 Å². The lowest BCUT2D eigenvalue weighted by molar-refractivity contribution is -0.319. The molecule has 0 radical (unpaired) electrons. The highest BCUT2D eigenvalue weighted by Gasteiger charge is 2.51. The first-order chi connectivity index (χ1) is 24.6. The Morgan fingerprint density at radius 2 is 1.49 bits per heavy atom. The van der Waals surface area contributed by atoms with Crippen molar-refractivity contribution in [2.24, 2.45) is 35.5 Å². The minimum atomic E-state index is -1.49. The number of aliphatic hydroxyl groups excluding tert-OH is 6. The average molecular weight is 764 g/mol. The summed E-state index contributed by atoms with van der Waals surface area (Å²) in [7, 11) is 5.27. The standard InChI is InChI=1S/C39H73NO13/c1-14-28-30(24(8)42)32(44)20(4)31(43)18(2)15-26(23(7)41)35(53-38-33(45)27(40(11)12)16-19(3)49-38)21(5)34(22(6)37(47)51-28)52-29-17-39(10,48-13)36(46)25(9)50-29/h18-30,32-38,41-42,44-47H,14-17H2,1-13H3/t18-,19-,20+,21+,22-,23+,24?,25+,26?,27+,28?,29?,30?,32-,33-,34+,35-,36+,37?,38?,39-/m1/s1. The van der Waals surface area contributed by atoms with E-state index in [0.717, 1.165) is 0 Å². The number of carbonyl (C=O) groups excluding carboxylic acids is 1. The zero-order chi connectivity index (χ0) is 40.3. The summed E-state index contributed by atoms with van der Waals surface area (Å²) in [5.41, 5.74) is -1.01. The summed E-state index contributed by atoms with van der Waals surface area (Å²) < 4.78 is 38.0. The molecule has 0 aliphatic carbocycles. The third-order valence-corrected chi connectivity index (χ3v) is 12.6. The molecular formula is C39H73NO13. The van der Waals surface area contributed by atoms with Crippen LogP contribution < -0.4 is 0 Å². The number of ether oxygens (including phenoxy) is 6. The zero-order valence-electron chi connectivity index (χ0n) is 34.4. The lowest BCUT2D eigenvalue weighted by atomic mass is 9.74. The number of ketones is 1. The second-order valence-electron chi connectivity index (χ2n) is 16.9. The van der Waals surface area contributed by atoms with Crippen molar-refractivity contribution in [1.29, 1.82) is 0 Å². The van der Waals surface area contributed by atoms with Crippen molar-refractivity contribution in [2.75, 3.05) is 21.2 Å². The molecule has 3 rings (SSSR count). The highest BCUT2D eigenvalue weighted by Crippen LogP contribution is 2.41. The minimum Gasteiger partial charge on any atom is -0.393 e. The molecule has 3 saturated heterocycles. The maximum Gasteiger partial charge on any atom is 0.185 e. The molecule has 312 valence electrons. The monoisotopic (exact) mass is 764 g/mol. The Kier molecular flexibility index (Phi) is 17.2. The number of methoxy groups -OCH3 is 1. The Morgan fingerprint density at radius 3 is 2.02 bits per heavy atom. The summed E-state index contributed by atoms with van der Waals surface area (Å²) in [5.74, 6) is -4.89. The van der Waals surface area contributed by atoms with E-state index >= 15 is 0 Å². The summed E-state index contributed by atoms with van der Waals surface area (Å²) in [6.07, 6.45) is -11.3. The third kappa shape index (κ3) is 10.8. The predicted octanol–water partition coefficient (Wildman–Crippen LogP) is 2.07. The molecule has 14 heteroatoms. The second-order valence-corrected chi connectivity index (χ2v) is 16.9. The molecule has 0 amide bonds. The lowest BCUT2D eigenvalue weighted by Gasteiger charge is -2.48. The second kappa shape index (κ2) is 19.5. The van der Waals surface area contributed by atoms with Gasteiger partial charge in [-0.2, -0.15) is 0 Å². The maximum absolute atomic E-state index is 14.0. The summed E-state index contributed by atoms with van der Waals surface area (Å²) in [5, 5.41) is 68.4. The van der Waals surface area contributed by atoms with Gasteiger partial charge < -0.3 is 64.0 Å². The van der Waals surface area contributed by atoms with Crippen LogP contribution in [0.25, 0.3) is 0 Å². The van der Waals surface area contributed by atoms with Gasteiger partial charge in [0.2, 0.25) is 0 Å². The molecule has 7 unspecified atom stereocenters. The lowest BCUT2D eigenvalue weighted by Crippen LogP contribution is -2.59. The van der Waals surface area contributed by atoms with Crippen LogP contribution in [0, 0.1) is 35.5 Å². The molecule has 21 atom stereocenters. The van der Waals surface area contributed by atoms with E-state index in [0.29, 0.717) is 12.8 Å². The van der Waals surface area contributed by atoms with Crippen LogP contribution in [0.15, 0.2) is 0 Å². The van der Waals surface area contributed by atoms with Crippen LogP contribution in [0.2, 0.25) is 0 Å². The Morgan fingerprint density at radius 1 is 0.868 bits per heavy atom. The molecule has 3 fully saturated rings. The first kappa shape index (κ1) is 46.5. The van der Waals surface area contributed by atoms with Gasteiger partial charge in [0.1, 0.15) is 18.0 Å². The summed E-state index contributed by atoms with van der Waals surface area (Å²) in [6, 6.07) is -0.283. The van der Waals surface area contributed by atoms with Crippen LogP contribution in [0.3, 0.4) is 0 Å². The quantitative estimate of drug-likeness (QED) is 0.200. The van der Waals surface area contributed by atoms with Gasteiger partial charge >= 0.3 is 0 Å². The van der Waals surface area contributed by atoms with Gasteiger partial charge in [-0.3, -0.25) is 4.79 Å². The SMILES string of the molecule is CCC1OC(O)[C@H](C)[C@@H](OC2C[C@@](C)(OC)[C@@H](O)[C@H](C)O2)[C@H](C)[C@@H](OC2O[C@H](C)C[C@H](N(C)C)[C@H]2O)C([C@H](C)O)C[C@@H](C)C(=O)[C@H](C)[C@@H](O)C1C(C)O. The van der Waals surface area contributed by atoms with Crippen molar-refractivity contribution in [1.82, 2.24) is 4.90 Å². The molecule has 0 saturated carbocycles. The van der Waals surface area contributed by atoms with Gasteiger partial charge in [-0.05, 0) is 68.0 Å². The number of carbonyl (C=O) groups is 1. The number of Topliss-reactive ketones (excluding diaryl/α,β-unsaturated/α-hetero) is 1. The van der Waals surface area contributed by atoms with E-state index in [1.54, 1.807) is 41.5 Å². The fourth-order valence-corrected chi connectivity index (χ4v) is 8.93. The fourth-order valence-electron chi connectivity index (χ4n) is 8.93.